The van der Waals surface area contributed by atoms with E-state index in [1.54, 1.807) is 0 Å². The first-order valence-corrected chi connectivity index (χ1v) is 9.74. The highest BCUT2D eigenvalue weighted by atomic mass is 16.2. The third kappa shape index (κ3) is 4.12. The predicted octanol–water partition coefficient (Wildman–Crippen LogP) is 3.36. The number of nitrogens with zero attached hydrogens (tertiary/aromatic N) is 1. The zero-order valence-electron chi connectivity index (χ0n) is 15.2. The minimum Gasteiger partial charge on any atom is -0.342 e. The minimum atomic E-state index is 0.165. The van der Waals surface area contributed by atoms with Gasteiger partial charge in [-0.15, -0.1) is 0 Å². The summed E-state index contributed by atoms with van der Waals surface area (Å²) in [6.45, 7) is 4.32. The van der Waals surface area contributed by atoms with Gasteiger partial charge in [0.2, 0.25) is 5.91 Å². The molecule has 1 saturated heterocycles. The molecule has 4 nitrogen and oxygen atoms in total. The van der Waals surface area contributed by atoms with Crippen LogP contribution >= 0.6 is 0 Å². The Hall–Kier alpha value is -1.68. The van der Waals surface area contributed by atoms with Crippen molar-refractivity contribution >= 4 is 11.7 Å². The number of likely N-dealkylation sites (tertiary alicyclic amines) is 1. The molecule has 0 spiro atoms. The molecule has 1 amide bonds. The molecule has 0 radical (unpaired) electrons. The Kier molecular flexibility index (Phi) is 5.89. The van der Waals surface area contributed by atoms with Crippen molar-refractivity contribution in [2.24, 2.45) is 17.6 Å². The van der Waals surface area contributed by atoms with Gasteiger partial charge in [0.25, 0.3) is 0 Å². The zero-order chi connectivity index (χ0) is 17.8. The van der Waals surface area contributed by atoms with Crippen molar-refractivity contribution in [2.75, 3.05) is 19.6 Å². The van der Waals surface area contributed by atoms with Crippen LogP contribution in [0.25, 0.3) is 0 Å². The maximum atomic E-state index is 12.7. The molecule has 25 heavy (non-hydrogen) atoms. The monoisotopic (exact) mass is 342 g/mol. The molecule has 1 aromatic rings. The Balaban J connectivity index is 1.59. The largest absolute Gasteiger partial charge is 0.342 e. The molecule has 3 rings (SSSR count). The topological polar surface area (TPSA) is 63.4 Å². The molecule has 1 unspecified atom stereocenters. The lowest BCUT2D eigenvalue weighted by Crippen LogP contribution is -2.27. The lowest BCUT2D eigenvalue weighted by Gasteiger charge is -2.26. The summed E-state index contributed by atoms with van der Waals surface area (Å²) in [4.78, 5) is 26.5. The Bertz CT molecular complexity index is 603. The van der Waals surface area contributed by atoms with Gasteiger partial charge in [-0.2, -0.15) is 0 Å². The Morgan fingerprint density at radius 2 is 1.76 bits per heavy atom. The van der Waals surface area contributed by atoms with E-state index in [0.717, 1.165) is 57.3 Å². The summed E-state index contributed by atoms with van der Waals surface area (Å²) in [7, 11) is 0. The van der Waals surface area contributed by atoms with Crippen molar-refractivity contribution in [3.8, 4) is 0 Å². The Morgan fingerprint density at radius 1 is 1.08 bits per heavy atom. The van der Waals surface area contributed by atoms with Gasteiger partial charge in [0.1, 0.15) is 0 Å². The second-order valence-corrected chi connectivity index (χ2v) is 7.62. The molecule has 2 fully saturated rings. The number of hydrogen-bond donors (Lipinski definition) is 1. The SMILES string of the molecule is CCC(=O)N1CCC(c2ccc(C(=O)C3CCC(CN)CC3)cc2)C1. The molecule has 1 atom stereocenters. The van der Waals surface area contributed by atoms with E-state index >= 15 is 0 Å². The van der Waals surface area contributed by atoms with Gasteiger partial charge in [-0.05, 0) is 50.1 Å². The summed E-state index contributed by atoms with van der Waals surface area (Å²) in [5, 5.41) is 0. The van der Waals surface area contributed by atoms with E-state index in [9.17, 15) is 9.59 Å². The number of carbonyl (C=O) groups excluding carboxylic acids is 2. The lowest BCUT2D eigenvalue weighted by atomic mass is 9.78. The van der Waals surface area contributed by atoms with Crippen molar-refractivity contribution in [1.82, 2.24) is 4.90 Å². The summed E-state index contributed by atoms with van der Waals surface area (Å²) in [5.74, 6) is 1.69. The van der Waals surface area contributed by atoms with Gasteiger partial charge in [0, 0.05) is 36.9 Å². The van der Waals surface area contributed by atoms with Crippen LogP contribution in [0.15, 0.2) is 24.3 Å². The highest BCUT2D eigenvalue weighted by Crippen LogP contribution is 2.32. The third-order valence-electron chi connectivity index (χ3n) is 6.06. The summed E-state index contributed by atoms with van der Waals surface area (Å²) in [5.41, 5.74) is 7.82. The number of hydrogen-bond acceptors (Lipinski definition) is 3. The quantitative estimate of drug-likeness (QED) is 0.835. The summed E-state index contributed by atoms with van der Waals surface area (Å²) >= 11 is 0. The van der Waals surface area contributed by atoms with Crippen molar-refractivity contribution in [1.29, 1.82) is 0 Å². The van der Waals surface area contributed by atoms with E-state index < -0.39 is 0 Å². The molecule has 0 bridgehead atoms. The van der Waals surface area contributed by atoms with E-state index in [-0.39, 0.29) is 17.6 Å². The first-order valence-electron chi connectivity index (χ1n) is 9.74. The molecule has 136 valence electrons. The van der Waals surface area contributed by atoms with Crippen LogP contribution in [0.5, 0.6) is 0 Å². The first-order chi connectivity index (χ1) is 12.1. The summed E-state index contributed by atoms with van der Waals surface area (Å²) < 4.78 is 0. The van der Waals surface area contributed by atoms with Gasteiger partial charge in [-0.25, -0.2) is 0 Å². The lowest BCUT2D eigenvalue weighted by molar-refractivity contribution is -0.129. The number of carbonyl (C=O) groups is 2. The van der Waals surface area contributed by atoms with Crippen LogP contribution < -0.4 is 5.73 Å². The number of Topliss-reactive ketones (excluding diaryl/α,β-unsaturated/α-hetero) is 1. The highest BCUT2D eigenvalue weighted by molar-refractivity contribution is 5.97. The van der Waals surface area contributed by atoms with E-state index in [4.69, 9.17) is 5.73 Å². The Labute approximate surface area is 150 Å². The number of ketones is 1. The second kappa shape index (κ2) is 8.13. The van der Waals surface area contributed by atoms with E-state index in [1.807, 2.05) is 24.0 Å². The van der Waals surface area contributed by atoms with E-state index in [1.165, 1.54) is 5.56 Å². The van der Waals surface area contributed by atoms with Crippen LogP contribution in [0.1, 0.15) is 67.3 Å². The predicted molar refractivity (Wildman–Crippen MR) is 99.5 cm³/mol. The zero-order valence-corrected chi connectivity index (χ0v) is 15.2. The van der Waals surface area contributed by atoms with Crippen LogP contribution in [0.3, 0.4) is 0 Å². The van der Waals surface area contributed by atoms with Gasteiger partial charge >= 0.3 is 0 Å². The third-order valence-corrected chi connectivity index (χ3v) is 6.06. The minimum absolute atomic E-state index is 0.165. The molecule has 1 saturated carbocycles. The molecular weight excluding hydrogens is 312 g/mol. The van der Waals surface area contributed by atoms with Crippen molar-refractivity contribution in [3.05, 3.63) is 35.4 Å². The standard InChI is InChI=1S/C21H30N2O2/c1-2-20(24)23-12-11-19(14-23)16-7-9-18(10-8-16)21(25)17-5-3-15(13-22)4-6-17/h7-10,15,17,19H,2-6,11-14,22H2,1H3. The van der Waals surface area contributed by atoms with Crippen molar-refractivity contribution in [3.63, 3.8) is 0 Å². The van der Waals surface area contributed by atoms with Crippen LogP contribution in [0, 0.1) is 11.8 Å². The van der Waals surface area contributed by atoms with Gasteiger partial charge < -0.3 is 10.6 Å². The fraction of sp³-hybridized carbons (Fsp3) is 0.619. The number of amides is 1. The number of benzene rings is 1. The molecular formula is C21H30N2O2. The molecule has 1 heterocycles. The maximum absolute atomic E-state index is 12.7. The van der Waals surface area contributed by atoms with Crippen LogP contribution in [0.4, 0.5) is 0 Å². The van der Waals surface area contributed by atoms with Crippen molar-refractivity contribution < 1.29 is 9.59 Å². The molecule has 1 aromatic carbocycles. The average Bonchev–Trinajstić information content (AvgIpc) is 3.17. The summed E-state index contributed by atoms with van der Waals surface area (Å²) in [6, 6.07) is 8.14. The molecule has 1 aliphatic carbocycles. The maximum Gasteiger partial charge on any atom is 0.222 e. The fourth-order valence-corrected chi connectivity index (χ4v) is 4.30. The fourth-order valence-electron chi connectivity index (χ4n) is 4.30. The average molecular weight is 342 g/mol. The van der Waals surface area contributed by atoms with Crippen LogP contribution in [0.2, 0.25) is 0 Å². The van der Waals surface area contributed by atoms with Gasteiger partial charge in [0.05, 0.1) is 0 Å². The van der Waals surface area contributed by atoms with Gasteiger partial charge in [-0.3, -0.25) is 9.59 Å². The molecule has 1 aliphatic heterocycles. The normalized spacial score (nSPS) is 26.6. The van der Waals surface area contributed by atoms with Gasteiger partial charge in [0.15, 0.2) is 5.78 Å². The molecule has 0 aromatic heterocycles. The second-order valence-electron chi connectivity index (χ2n) is 7.62. The molecule has 2 N–H and O–H groups in total. The summed E-state index contributed by atoms with van der Waals surface area (Å²) in [6.07, 6.45) is 5.69. The highest BCUT2D eigenvalue weighted by Gasteiger charge is 2.28. The van der Waals surface area contributed by atoms with Crippen LogP contribution in [-0.4, -0.2) is 36.2 Å². The van der Waals surface area contributed by atoms with Crippen LogP contribution in [-0.2, 0) is 4.79 Å². The Morgan fingerprint density at radius 3 is 2.36 bits per heavy atom. The van der Waals surface area contributed by atoms with Gasteiger partial charge in [-0.1, -0.05) is 31.2 Å². The first kappa shape index (κ1) is 18.1. The smallest absolute Gasteiger partial charge is 0.222 e. The van der Waals surface area contributed by atoms with E-state index in [2.05, 4.69) is 12.1 Å². The molecule has 4 heteroatoms. The number of rotatable bonds is 5. The van der Waals surface area contributed by atoms with E-state index in [0.29, 0.717) is 18.3 Å². The van der Waals surface area contributed by atoms with Crippen molar-refractivity contribution in [2.45, 2.75) is 51.4 Å². The number of nitrogens with two attached hydrogens (primary N) is 1. The molecule has 2 aliphatic rings.